The highest BCUT2D eigenvalue weighted by atomic mass is 35.5. The third-order valence-corrected chi connectivity index (χ3v) is 3.80. The third kappa shape index (κ3) is 4.72. The van der Waals surface area contributed by atoms with Gasteiger partial charge in [0.15, 0.2) is 0 Å². The molecule has 106 valence electrons. The van der Waals surface area contributed by atoms with Crippen molar-refractivity contribution in [1.82, 2.24) is 5.32 Å². The van der Waals surface area contributed by atoms with Gasteiger partial charge in [-0.25, -0.2) is 4.79 Å². The van der Waals surface area contributed by atoms with Crippen molar-refractivity contribution < 1.29 is 14.3 Å². The van der Waals surface area contributed by atoms with E-state index < -0.39 is 11.9 Å². The molecule has 0 bridgehead atoms. The molecule has 0 aromatic carbocycles. The first-order valence-electron chi connectivity index (χ1n) is 5.92. The van der Waals surface area contributed by atoms with E-state index in [4.69, 9.17) is 16.3 Å². The average Bonchev–Trinajstić information content (AvgIpc) is 2.74. The standard InChI is InChI=1S/C12H17ClN2O3S/c1-4-18-11(16)7(2)8(3)14-12(17)15-9-5-6-19-10(9)13/h5-8H,4H2,1-3H3,(H2,14,15,17)/t7-,8-/m0/s1. The number of hydrogen-bond acceptors (Lipinski definition) is 4. The molecule has 0 saturated heterocycles. The Kier molecular flexibility index (Phi) is 6.11. The molecule has 0 unspecified atom stereocenters. The van der Waals surface area contributed by atoms with Crippen LogP contribution >= 0.6 is 22.9 Å². The van der Waals surface area contributed by atoms with E-state index in [9.17, 15) is 9.59 Å². The van der Waals surface area contributed by atoms with Crippen molar-refractivity contribution in [1.29, 1.82) is 0 Å². The minimum absolute atomic E-state index is 0.326. The van der Waals surface area contributed by atoms with Gasteiger partial charge in [0.1, 0.15) is 4.34 Å². The van der Waals surface area contributed by atoms with E-state index in [1.807, 2.05) is 0 Å². The minimum atomic E-state index is -0.413. The molecule has 0 aliphatic carbocycles. The highest BCUT2D eigenvalue weighted by Gasteiger charge is 2.23. The zero-order valence-electron chi connectivity index (χ0n) is 11.0. The minimum Gasteiger partial charge on any atom is -0.466 e. The Morgan fingerprint density at radius 1 is 1.47 bits per heavy atom. The number of amides is 2. The molecule has 2 N–H and O–H groups in total. The van der Waals surface area contributed by atoms with Gasteiger partial charge in [-0.3, -0.25) is 4.79 Å². The number of anilines is 1. The monoisotopic (exact) mass is 304 g/mol. The Morgan fingerprint density at radius 3 is 2.68 bits per heavy atom. The molecular weight excluding hydrogens is 288 g/mol. The largest absolute Gasteiger partial charge is 0.466 e. The number of rotatable bonds is 5. The van der Waals surface area contributed by atoms with Crippen LogP contribution < -0.4 is 10.6 Å². The molecule has 0 spiro atoms. The van der Waals surface area contributed by atoms with Crippen LogP contribution in [0, 0.1) is 5.92 Å². The van der Waals surface area contributed by atoms with Gasteiger partial charge in [-0.2, -0.15) is 0 Å². The Hall–Kier alpha value is -1.27. The predicted octanol–water partition coefficient (Wildman–Crippen LogP) is 3.11. The number of esters is 1. The molecule has 1 rings (SSSR count). The summed E-state index contributed by atoms with van der Waals surface area (Å²) >= 11 is 7.21. The van der Waals surface area contributed by atoms with Gasteiger partial charge in [0, 0.05) is 6.04 Å². The number of halogens is 1. The maximum atomic E-state index is 11.7. The van der Waals surface area contributed by atoms with Crippen molar-refractivity contribution in [3.05, 3.63) is 15.8 Å². The summed E-state index contributed by atoms with van der Waals surface area (Å²) in [5.74, 6) is -0.743. The fraction of sp³-hybridized carbons (Fsp3) is 0.500. The summed E-state index contributed by atoms with van der Waals surface area (Å²) in [5, 5.41) is 7.08. The molecule has 1 aromatic rings. The van der Waals surface area contributed by atoms with E-state index in [0.29, 0.717) is 16.6 Å². The highest BCUT2D eigenvalue weighted by molar-refractivity contribution is 7.15. The normalized spacial score (nSPS) is 13.5. The zero-order valence-corrected chi connectivity index (χ0v) is 12.6. The van der Waals surface area contributed by atoms with Gasteiger partial charge < -0.3 is 15.4 Å². The molecule has 7 heteroatoms. The molecule has 0 fully saturated rings. The Bertz CT molecular complexity index is 450. The van der Waals surface area contributed by atoms with Crippen molar-refractivity contribution in [3.63, 3.8) is 0 Å². The van der Waals surface area contributed by atoms with Gasteiger partial charge in [-0.15, -0.1) is 11.3 Å². The van der Waals surface area contributed by atoms with Crippen LogP contribution in [0.4, 0.5) is 10.5 Å². The topological polar surface area (TPSA) is 67.4 Å². The van der Waals surface area contributed by atoms with Crippen LogP contribution in [0.5, 0.6) is 0 Å². The molecule has 0 aliphatic heterocycles. The van der Waals surface area contributed by atoms with Gasteiger partial charge in [0.05, 0.1) is 18.2 Å². The van der Waals surface area contributed by atoms with Crippen LogP contribution in [0.25, 0.3) is 0 Å². The summed E-state index contributed by atoms with van der Waals surface area (Å²) in [4.78, 5) is 23.3. The lowest BCUT2D eigenvalue weighted by atomic mass is 10.0. The molecule has 2 amide bonds. The van der Waals surface area contributed by atoms with E-state index in [-0.39, 0.29) is 12.0 Å². The second kappa shape index (κ2) is 7.35. The third-order valence-electron chi connectivity index (χ3n) is 2.63. The predicted molar refractivity (Wildman–Crippen MR) is 76.7 cm³/mol. The van der Waals surface area contributed by atoms with Crippen molar-refractivity contribution in [3.8, 4) is 0 Å². The van der Waals surface area contributed by atoms with Crippen LogP contribution in [-0.2, 0) is 9.53 Å². The lowest BCUT2D eigenvalue weighted by molar-refractivity contribution is -0.148. The number of nitrogens with one attached hydrogen (secondary N) is 2. The molecule has 2 atom stereocenters. The Labute approximate surface area is 121 Å². The van der Waals surface area contributed by atoms with Gasteiger partial charge >= 0.3 is 12.0 Å². The summed E-state index contributed by atoms with van der Waals surface area (Å²) in [6.07, 6.45) is 0. The van der Waals surface area contributed by atoms with Crippen LogP contribution in [-0.4, -0.2) is 24.6 Å². The summed E-state index contributed by atoms with van der Waals surface area (Å²) in [5.41, 5.74) is 0.556. The summed E-state index contributed by atoms with van der Waals surface area (Å²) in [6.45, 7) is 5.53. The van der Waals surface area contributed by atoms with Crippen molar-refractivity contribution in [2.75, 3.05) is 11.9 Å². The quantitative estimate of drug-likeness (QED) is 0.821. The fourth-order valence-corrected chi connectivity index (χ4v) is 2.18. The van der Waals surface area contributed by atoms with Crippen LogP contribution in [0.2, 0.25) is 4.34 Å². The van der Waals surface area contributed by atoms with Crippen LogP contribution in [0.15, 0.2) is 11.4 Å². The van der Waals surface area contributed by atoms with E-state index in [1.54, 1.807) is 32.2 Å². The zero-order chi connectivity index (χ0) is 14.4. The molecule has 0 aliphatic rings. The number of hydrogen-bond donors (Lipinski definition) is 2. The number of thiophene rings is 1. The van der Waals surface area contributed by atoms with Gasteiger partial charge in [-0.1, -0.05) is 11.6 Å². The van der Waals surface area contributed by atoms with Crippen molar-refractivity contribution in [2.24, 2.45) is 5.92 Å². The van der Waals surface area contributed by atoms with E-state index in [0.717, 1.165) is 0 Å². The van der Waals surface area contributed by atoms with E-state index >= 15 is 0 Å². The molecule has 1 aromatic heterocycles. The molecule has 1 heterocycles. The number of urea groups is 1. The second-order valence-corrected chi connectivity index (χ2v) is 5.55. The Balaban J connectivity index is 2.48. The van der Waals surface area contributed by atoms with Crippen LogP contribution in [0.3, 0.4) is 0 Å². The first-order chi connectivity index (χ1) is 8.95. The van der Waals surface area contributed by atoms with Gasteiger partial charge in [0.25, 0.3) is 0 Å². The SMILES string of the molecule is CCOC(=O)[C@@H](C)[C@H](C)NC(=O)Nc1ccsc1Cl. The first kappa shape index (κ1) is 15.8. The highest BCUT2D eigenvalue weighted by Crippen LogP contribution is 2.27. The Morgan fingerprint density at radius 2 is 2.16 bits per heavy atom. The summed E-state index contributed by atoms with van der Waals surface area (Å²) < 4.78 is 5.42. The number of carbonyl (C=O) groups excluding carboxylic acids is 2. The first-order valence-corrected chi connectivity index (χ1v) is 7.18. The van der Waals surface area contributed by atoms with Gasteiger partial charge in [-0.05, 0) is 32.2 Å². The van der Waals surface area contributed by atoms with Gasteiger partial charge in [0.2, 0.25) is 0 Å². The lowest BCUT2D eigenvalue weighted by Gasteiger charge is -2.19. The maximum absolute atomic E-state index is 11.7. The smallest absolute Gasteiger partial charge is 0.319 e. The fourth-order valence-electron chi connectivity index (χ4n) is 1.35. The molecule has 0 radical (unpaired) electrons. The van der Waals surface area contributed by atoms with E-state index in [2.05, 4.69) is 10.6 Å². The van der Waals surface area contributed by atoms with Crippen molar-refractivity contribution >= 4 is 40.6 Å². The summed E-state index contributed by atoms with van der Waals surface area (Å²) in [6, 6.07) is 0.979. The molecular formula is C12H17ClN2O3S. The van der Waals surface area contributed by atoms with Crippen LogP contribution in [0.1, 0.15) is 20.8 Å². The maximum Gasteiger partial charge on any atom is 0.319 e. The summed E-state index contributed by atoms with van der Waals surface area (Å²) in [7, 11) is 0. The lowest BCUT2D eigenvalue weighted by Crippen LogP contribution is -2.42. The van der Waals surface area contributed by atoms with Crippen molar-refractivity contribution in [2.45, 2.75) is 26.8 Å². The molecule has 19 heavy (non-hydrogen) atoms. The molecule has 5 nitrogen and oxygen atoms in total. The second-order valence-electron chi connectivity index (χ2n) is 4.04. The van der Waals surface area contributed by atoms with E-state index in [1.165, 1.54) is 11.3 Å². The molecule has 0 saturated carbocycles. The number of ether oxygens (including phenoxy) is 1. The number of carbonyl (C=O) groups is 2. The average molecular weight is 305 g/mol.